The number of nitrogens with zero attached hydrogens (tertiary/aromatic N) is 2. The predicted octanol–water partition coefficient (Wildman–Crippen LogP) is 5.54. The first-order valence-corrected chi connectivity index (χ1v) is 20.0. The molecule has 4 amide bonds. The van der Waals surface area contributed by atoms with Crippen molar-refractivity contribution in [3.63, 3.8) is 0 Å². The molecule has 1 aliphatic carbocycles. The summed E-state index contributed by atoms with van der Waals surface area (Å²) < 4.78 is 10.9. The number of ether oxygens (including phenoxy) is 2. The lowest BCUT2D eigenvalue weighted by molar-refractivity contribution is -0.140. The molecular formula is C42H75N5O8. The van der Waals surface area contributed by atoms with Gasteiger partial charge in [-0.15, -0.1) is 0 Å². The van der Waals surface area contributed by atoms with Crippen molar-refractivity contribution in [1.82, 2.24) is 25.8 Å². The van der Waals surface area contributed by atoms with Gasteiger partial charge >= 0.3 is 12.0 Å². The van der Waals surface area contributed by atoms with Gasteiger partial charge in [0.05, 0.1) is 30.7 Å². The standard InChI is InChI=1S/C20H37N3O4.C12H22N2O4.C7H8.C3H8/c1-7-13(2)19(17(27-6)10-11-24)23(5)18(25)12-21-20(26)22-16-9-8-14(3)15(16)4;1-8(12(17)13-7-10(15)16)11(18-3)9-5-4-6-14(9)2;1-7-5-3-2-4-6-7;1-3-2/h11,13-17,19H,7-10,12H2,1-6H3,(H2,21,22,26);8-9,11H,4-7H2,1-3H3,(H,13,17)(H,15,16);2-6H,1H3;3H2,1-2H3. The summed E-state index contributed by atoms with van der Waals surface area (Å²) in [6, 6.07) is 10.1. The summed E-state index contributed by atoms with van der Waals surface area (Å²) in [5.41, 5.74) is 1.32. The highest BCUT2D eigenvalue weighted by Crippen LogP contribution is 2.31. The van der Waals surface area contributed by atoms with Crippen LogP contribution in [0.5, 0.6) is 0 Å². The second-order valence-corrected chi connectivity index (χ2v) is 15.1. The van der Waals surface area contributed by atoms with Crippen LogP contribution >= 0.6 is 0 Å². The fraction of sp³-hybridized carbons (Fsp3) is 0.738. The number of aliphatic carboxylic acids is 1. The Morgan fingerprint density at radius 2 is 1.60 bits per heavy atom. The van der Waals surface area contributed by atoms with Gasteiger partial charge in [-0.05, 0) is 64.0 Å². The lowest BCUT2D eigenvalue weighted by Crippen LogP contribution is -2.53. The average Bonchev–Trinajstić information content (AvgIpc) is 3.73. The van der Waals surface area contributed by atoms with Gasteiger partial charge in [0.25, 0.3) is 0 Å². The van der Waals surface area contributed by atoms with Crippen LogP contribution in [0.1, 0.15) is 99.0 Å². The SMILES string of the molecule is CCC.CCC(C)C(C(CC=O)OC)N(C)C(=O)CNC(=O)NC1CCC(C)C1C.COC(C(C)C(=O)NCC(=O)O)C1CCCN1C.Cc1ccccc1. The molecule has 9 unspecified atom stereocenters. The van der Waals surface area contributed by atoms with E-state index in [1.54, 1.807) is 33.1 Å². The fourth-order valence-corrected chi connectivity index (χ4v) is 7.00. The van der Waals surface area contributed by atoms with Gasteiger partial charge in [0.2, 0.25) is 11.8 Å². The van der Waals surface area contributed by atoms with Crippen molar-refractivity contribution in [2.75, 3.05) is 47.9 Å². The van der Waals surface area contributed by atoms with Crippen LogP contribution in [0, 0.1) is 30.6 Å². The number of carbonyl (C=O) groups excluding carboxylic acids is 4. The molecule has 1 saturated carbocycles. The van der Waals surface area contributed by atoms with Crippen LogP contribution in [0.3, 0.4) is 0 Å². The molecule has 2 fully saturated rings. The molecule has 316 valence electrons. The number of aryl methyl sites for hydroxylation is 1. The summed E-state index contributed by atoms with van der Waals surface area (Å²) in [5.74, 6) is -0.667. The summed E-state index contributed by atoms with van der Waals surface area (Å²) in [6.07, 6.45) is 6.78. The summed E-state index contributed by atoms with van der Waals surface area (Å²) in [4.78, 5) is 61.8. The third-order valence-corrected chi connectivity index (χ3v) is 10.8. The molecule has 3 rings (SSSR count). The minimum absolute atomic E-state index is 0.0799. The number of rotatable bonds is 16. The Labute approximate surface area is 332 Å². The number of carboxylic acids is 1. The lowest BCUT2D eigenvalue weighted by Gasteiger charge is -2.37. The number of carbonyl (C=O) groups is 5. The summed E-state index contributed by atoms with van der Waals surface area (Å²) >= 11 is 0. The van der Waals surface area contributed by atoms with E-state index >= 15 is 0 Å². The van der Waals surface area contributed by atoms with Gasteiger partial charge in [0, 0.05) is 39.8 Å². The zero-order valence-corrected chi connectivity index (χ0v) is 35.9. The van der Waals surface area contributed by atoms with Gasteiger partial charge in [-0.2, -0.15) is 0 Å². The molecule has 13 heteroatoms. The second-order valence-electron chi connectivity index (χ2n) is 15.1. The summed E-state index contributed by atoms with van der Waals surface area (Å²) in [5, 5.41) is 16.6. The van der Waals surface area contributed by atoms with Gasteiger partial charge in [-0.1, -0.05) is 97.2 Å². The first-order valence-electron chi connectivity index (χ1n) is 20.0. The first-order chi connectivity index (χ1) is 26.0. The number of methoxy groups -OCH3 is 2. The molecule has 1 saturated heterocycles. The minimum Gasteiger partial charge on any atom is -0.480 e. The quantitative estimate of drug-likeness (QED) is 0.158. The number of hydrogen-bond acceptors (Lipinski definition) is 8. The number of benzene rings is 1. The van der Waals surface area contributed by atoms with Crippen molar-refractivity contribution in [2.24, 2.45) is 23.7 Å². The molecule has 0 bridgehead atoms. The maximum atomic E-state index is 12.6. The molecule has 1 aliphatic heterocycles. The molecule has 0 radical (unpaired) electrons. The minimum atomic E-state index is -1.04. The number of likely N-dealkylation sites (tertiary alicyclic amines) is 1. The first kappa shape index (κ1) is 51.5. The van der Waals surface area contributed by atoms with E-state index in [9.17, 15) is 24.0 Å². The Kier molecular flexibility index (Phi) is 26.9. The van der Waals surface area contributed by atoms with E-state index in [0.717, 1.165) is 44.9 Å². The molecule has 9 atom stereocenters. The van der Waals surface area contributed by atoms with Crippen LogP contribution in [0.25, 0.3) is 0 Å². The lowest BCUT2D eigenvalue weighted by atomic mass is 9.91. The Morgan fingerprint density at radius 1 is 0.982 bits per heavy atom. The molecule has 4 N–H and O–H groups in total. The highest BCUT2D eigenvalue weighted by Gasteiger charge is 2.36. The molecule has 2 aliphatic rings. The van der Waals surface area contributed by atoms with E-state index in [2.05, 4.69) is 67.6 Å². The number of aldehydes is 1. The van der Waals surface area contributed by atoms with Gasteiger partial charge < -0.3 is 45.1 Å². The number of carboxylic acid groups (broad SMARTS) is 1. The molecule has 1 aromatic rings. The molecule has 1 aromatic carbocycles. The van der Waals surface area contributed by atoms with E-state index in [1.165, 1.54) is 12.0 Å². The Balaban J connectivity index is 0.000000883. The maximum absolute atomic E-state index is 12.6. The third-order valence-electron chi connectivity index (χ3n) is 10.8. The zero-order chi connectivity index (χ0) is 42.1. The van der Waals surface area contributed by atoms with E-state index in [4.69, 9.17) is 14.6 Å². The third kappa shape index (κ3) is 19.2. The van der Waals surface area contributed by atoms with Crippen LogP contribution < -0.4 is 16.0 Å². The number of likely N-dealkylation sites (N-methyl/N-ethyl adjacent to an activating group) is 2. The largest absolute Gasteiger partial charge is 0.480 e. The van der Waals surface area contributed by atoms with Crippen LogP contribution in [0.4, 0.5) is 4.79 Å². The highest BCUT2D eigenvalue weighted by molar-refractivity contribution is 5.84. The van der Waals surface area contributed by atoms with Gasteiger partial charge in [0.1, 0.15) is 12.8 Å². The van der Waals surface area contributed by atoms with Crippen molar-refractivity contribution < 1.29 is 38.6 Å². The van der Waals surface area contributed by atoms with Crippen molar-refractivity contribution in [3.8, 4) is 0 Å². The Bertz CT molecular complexity index is 1240. The molecule has 0 spiro atoms. The van der Waals surface area contributed by atoms with Crippen LogP contribution in [-0.4, -0.2) is 123 Å². The van der Waals surface area contributed by atoms with Gasteiger partial charge in [-0.3, -0.25) is 14.4 Å². The fourth-order valence-electron chi connectivity index (χ4n) is 7.00. The summed E-state index contributed by atoms with van der Waals surface area (Å²) in [6.45, 7) is 17.1. The normalized spacial score (nSPS) is 21.6. The predicted molar refractivity (Wildman–Crippen MR) is 219 cm³/mol. The van der Waals surface area contributed by atoms with E-state index < -0.39 is 5.97 Å². The van der Waals surface area contributed by atoms with Crippen LogP contribution in [0.2, 0.25) is 0 Å². The Morgan fingerprint density at radius 3 is 2.02 bits per heavy atom. The van der Waals surface area contributed by atoms with Gasteiger partial charge in [-0.25, -0.2) is 4.79 Å². The smallest absolute Gasteiger partial charge is 0.322 e. The van der Waals surface area contributed by atoms with Crippen molar-refractivity contribution in [3.05, 3.63) is 35.9 Å². The zero-order valence-electron chi connectivity index (χ0n) is 35.9. The van der Waals surface area contributed by atoms with E-state index in [-0.39, 0.29) is 79.5 Å². The topological polar surface area (TPSA) is 167 Å². The summed E-state index contributed by atoms with van der Waals surface area (Å²) in [7, 11) is 6.87. The molecule has 1 heterocycles. The maximum Gasteiger partial charge on any atom is 0.322 e. The van der Waals surface area contributed by atoms with Gasteiger partial charge in [0.15, 0.2) is 0 Å². The molecule has 0 aromatic heterocycles. The monoisotopic (exact) mass is 778 g/mol. The van der Waals surface area contributed by atoms with E-state index in [1.807, 2.05) is 39.1 Å². The molecule has 13 nitrogen and oxygen atoms in total. The number of hydrogen-bond donors (Lipinski definition) is 4. The molecular weight excluding hydrogens is 702 g/mol. The number of amides is 4. The average molecular weight is 778 g/mol. The van der Waals surface area contributed by atoms with Crippen molar-refractivity contribution in [2.45, 2.75) is 131 Å². The number of nitrogens with one attached hydrogen (secondary N) is 3. The van der Waals surface area contributed by atoms with Crippen LogP contribution in [0.15, 0.2) is 30.3 Å². The Hall–Kier alpha value is -3.55. The van der Waals surface area contributed by atoms with Crippen molar-refractivity contribution in [1.29, 1.82) is 0 Å². The molecule has 55 heavy (non-hydrogen) atoms. The number of urea groups is 1. The van der Waals surface area contributed by atoms with Crippen molar-refractivity contribution >= 4 is 30.1 Å². The van der Waals surface area contributed by atoms with E-state index in [0.29, 0.717) is 11.8 Å². The second kappa shape index (κ2) is 28.8. The highest BCUT2D eigenvalue weighted by atomic mass is 16.5. The van der Waals surface area contributed by atoms with Crippen LogP contribution in [-0.2, 0) is 28.7 Å².